The molecule has 0 spiro atoms. The summed E-state index contributed by atoms with van der Waals surface area (Å²) < 4.78 is 10.5. The molecule has 0 aliphatic rings. The van der Waals surface area contributed by atoms with Gasteiger partial charge >= 0.3 is 0 Å². The Morgan fingerprint density at radius 1 is 1.04 bits per heavy atom. The summed E-state index contributed by atoms with van der Waals surface area (Å²) in [4.78, 5) is 12.2. The second kappa shape index (κ2) is 7.93. The number of anilines is 2. The summed E-state index contributed by atoms with van der Waals surface area (Å²) in [6, 6.07) is 9.23. The van der Waals surface area contributed by atoms with Gasteiger partial charge in [0.25, 0.3) is 0 Å². The van der Waals surface area contributed by atoms with Gasteiger partial charge < -0.3 is 20.1 Å². The maximum Gasteiger partial charge on any atom is 0.243 e. The first-order chi connectivity index (χ1) is 11.4. The van der Waals surface area contributed by atoms with E-state index in [9.17, 15) is 4.79 Å². The highest BCUT2D eigenvalue weighted by Gasteiger charge is 2.11. The van der Waals surface area contributed by atoms with Crippen LogP contribution in [0.15, 0.2) is 30.3 Å². The van der Waals surface area contributed by atoms with Gasteiger partial charge in [-0.25, -0.2) is 0 Å². The van der Waals surface area contributed by atoms with Crippen LogP contribution in [-0.2, 0) is 4.79 Å². The van der Waals surface area contributed by atoms with Gasteiger partial charge in [-0.05, 0) is 25.5 Å². The van der Waals surface area contributed by atoms with Crippen molar-refractivity contribution in [3.63, 3.8) is 0 Å². The normalized spacial score (nSPS) is 10.2. The predicted molar refractivity (Wildman–Crippen MR) is 97.6 cm³/mol. The van der Waals surface area contributed by atoms with Crippen LogP contribution in [0.25, 0.3) is 0 Å². The lowest BCUT2D eigenvalue weighted by molar-refractivity contribution is -0.114. The van der Waals surface area contributed by atoms with Crippen LogP contribution in [0.1, 0.15) is 11.1 Å². The standard InChI is InChI=1S/C18H21ClN2O3/c1-11-5-6-14(12(2)7-11)21-18(22)10-20-15-9-16(23-3)13(19)8-17(15)24-4/h5-9,20H,10H2,1-4H3,(H,21,22). The number of carbonyl (C=O) groups excluding carboxylic acids is 1. The molecule has 0 radical (unpaired) electrons. The van der Waals surface area contributed by atoms with Gasteiger partial charge in [-0.3, -0.25) is 4.79 Å². The third kappa shape index (κ3) is 4.32. The summed E-state index contributed by atoms with van der Waals surface area (Å²) in [5.41, 5.74) is 3.61. The average molecular weight is 349 g/mol. The topological polar surface area (TPSA) is 59.6 Å². The van der Waals surface area contributed by atoms with Gasteiger partial charge in [0.1, 0.15) is 11.5 Å². The van der Waals surface area contributed by atoms with E-state index >= 15 is 0 Å². The molecule has 0 saturated heterocycles. The number of rotatable bonds is 6. The van der Waals surface area contributed by atoms with E-state index < -0.39 is 0 Å². The molecule has 2 N–H and O–H groups in total. The van der Waals surface area contributed by atoms with E-state index in [1.807, 2.05) is 32.0 Å². The van der Waals surface area contributed by atoms with Crippen molar-refractivity contribution in [3.8, 4) is 11.5 Å². The first-order valence-electron chi connectivity index (χ1n) is 7.47. The van der Waals surface area contributed by atoms with Gasteiger partial charge in [0.15, 0.2) is 0 Å². The predicted octanol–water partition coefficient (Wildman–Crippen LogP) is 4.02. The molecular weight excluding hydrogens is 328 g/mol. The highest BCUT2D eigenvalue weighted by atomic mass is 35.5. The monoisotopic (exact) mass is 348 g/mol. The fourth-order valence-corrected chi connectivity index (χ4v) is 2.55. The molecule has 0 fully saturated rings. The lowest BCUT2D eigenvalue weighted by Crippen LogP contribution is -2.22. The number of benzene rings is 2. The Bertz CT molecular complexity index is 747. The Balaban J connectivity index is 2.06. The van der Waals surface area contributed by atoms with E-state index in [2.05, 4.69) is 10.6 Å². The number of ether oxygens (including phenoxy) is 2. The first kappa shape index (κ1) is 17.9. The molecule has 24 heavy (non-hydrogen) atoms. The third-order valence-electron chi connectivity index (χ3n) is 3.57. The van der Waals surface area contributed by atoms with E-state index in [1.54, 1.807) is 19.2 Å². The molecule has 0 aliphatic heterocycles. The Morgan fingerprint density at radius 3 is 2.38 bits per heavy atom. The minimum absolute atomic E-state index is 0.0917. The average Bonchev–Trinajstić information content (AvgIpc) is 2.55. The van der Waals surface area contributed by atoms with Gasteiger partial charge in [-0.15, -0.1) is 0 Å². The third-order valence-corrected chi connectivity index (χ3v) is 3.86. The molecule has 2 aromatic rings. The SMILES string of the molecule is COc1cc(NCC(=O)Nc2ccc(C)cc2C)c(OC)cc1Cl. The number of methoxy groups -OCH3 is 2. The number of halogens is 1. The summed E-state index contributed by atoms with van der Waals surface area (Å²) in [5, 5.41) is 6.37. The largest absolute Gasteiger partial charge is 0.495 e. The lowest BCUT2D eigenvalue weighted by atomic mass is 10.1. The molecule has 0 saturated carbocycles. The van der Waals surface area contributed by atoms with Gasteiger partial charge in [-0.2, -0.15) is 0 Å². The second-order valence-corrected chi connectivity index (χ2v) is 5.81. The number of aryl methyl sites for hydroxylation is 2. The maximum atomic E-state index is 12.2. The van der Waals surface area contributed by atoms with Crippen LogP contribution in [0.5, 0.6) is 11.5 Å². The molecule has 0 bridgehead atoms. The van der Waals surface area contributed by atoms with Gasteiger partial charge in [0, 0.05) is 17.8 Å². The summed E-state index contributed by atoms with van der Waals surface area (Å²) in [6.07, 6.45) is 0. The zero-order valence-corrected chi connectivity index (χ0v) is 15.0. The Morgan fingerprint density at radius 2 is 1.75 bits per heavy atom. The van der Waals surface area contributed by atoms with Crippen molar-refractivity contribution in [3.05, 3.63) is 46.5 Å². The van der Waals surface area contributed by atoms with Crippen LogP contribution in [0.2, 0.25) is 5.02 Å². The number of amides is 1. The van der Waals surface area contributed by atoms with Crippen molar-refractivity contribution in [2.45, 2.75) is 13.8 Å². The molecule has 0 aromatic heterocycles. The Labute approximate surface area is 146 Å². The fraction of sp³-hybridized carbons (Fsp3) is 0.278. The van der Waals surface area contributed by atoms with Gasteiger partial charge in [0.05, 0.1) is 31.5 Å². The zero-order valence-electron chi connectivity index (χ0n) is 14.2. The summed E-state index contributed by atoms with van der Waals surface area (Å²) >= 11 is 6.07. The smallest absolute Gasteiger partial charge is 0.243 e. The quantitative estimate of drug-likeness (QED) is 0.827. The highest BCUT2D eigenvalue weighted by molar-refractivity contribution is 6.32. The molecule has 0 aliphatic carbocycles. The van der Waals surface area contributed by atoms with Crippen LogP contribution in [0, 0.1) is 13.8 Å². The Hall–Kier alpha value is -2.40. The Kier molecular flexibility index (Phi) is 5.93. The van der Waals surface area contributed by atoms with Crippen LogP contribution < -0.4 is 20.1 Å². The molecule has 0 heterocycles. The first-order valence-corrected chi connectivity index (χ1v) is 7.85. The van der Waals surface area contributed by atoms with Gasteiger partial charge in [-0.1, -0.05) is 29.3 Å². The molecule has 0 unspecified atom stereocenters. The maximum absolute atomic E-state index is 12.2. The molecule has 128 valence electrons. The molecule has 0 atom stereocenters. The second-order valence-electron chi connectivity index (χ2n) is 5.41. The van der Waals surface area contributed by atoms with Crippen LogP contribution >= 0.6 is 11.6 Å². The molecule has 2 aromatic carbocycles. The number of hydrogen-bond acceptors (Lipinski definition) is 4. The van der Waals surface area contributed by atoms with Crippen molar-refractivity contribution >= 4 is 28.9 Å². The van der Waals surface area contributed by atoms with Gasteiger partial charge in [0.2, 0.25) is 5.91 Å². The fourth-order valence-electron chi connectivity index (χ4n) is 2.32. The number of hydrogen-bond donors (Lipinski definition) is 2. The van der Waals surface area contributed by atoms with Crippen molar-refractivity contribution in [1.82, 2.24) is 0 Å². The minimum atomic E-state index is -0.155. The van der Waals surface area contributed by atoms with E-state index in [4.69, 9.17) is 21.1 Å². The van der Waals surface area contributed by atoms with E-state index in [0.717, 1.165) is 16.8 Å². The number of carbonyl (C=O) groups is 1. The van der Waals surface area contributed by atoms with Crippen molar-refractivity contribution in [2.24, 2.45) is 0 Å². The lowest BCUT2D eigenvalue weighted by Gasteiger charge is -2.14. The minimum Gasteiger partial charge on any atom is -0.495 e. The molecule has 2 rings (SSSR count). The summed E-state index contributed by atoms with van der Waals surface area (Å²) in [5.74, 6) is 0.896. The molecule has 6 heteroatoms. The summed E-state index contributed by atoms with van der Waals surface area (Å²) in [6.45, 7) is 4.07. The van der Waals surface area contributed by atoms with Crippen molar-refractivity contribution < 1.29 is 14.3 Å². The number of nitrogens with one attached hydrogen (secondary N) is 2. The van der Waals surface area contributed by atoms with Crippen LogP contribution in [-0.4, -0.2) is 26.7 Å². The van der Waals surface area contributed by atoms with E-state index in [-0.39, 0.29) is 12.5 Å². The van der Waals surface area contributed by atoms with Crippen molar-refractivity contribution in [2.75, 3.05) is 31.4 Å². The van der Waals surface area contributed by atoms with Crippen LogP contribution in [0.4, 0.5) is 11.4 Å². The zero-order chi connectivity index (χ0) is 17.7. The van der Waals surface area contributed by atoms with Crippen molar-refractivity contribution in [1.29, 1.82) is 0 Å². The van der Waals surface area contributed by atoms with E-state index in [1.165, 1.54) is 7.11 Å². The highest BCUT2D eigenvalue weighted by Crippen LogP contribution is 2.35. The molecule has 5 nitrogen and oxygen atoms in total. The molecular formula is C18H21ClN2O3. The van der Waals surface area contributed by atoms with E-state index in [0.29, 0.717) is 22.2 Å². The summed E-state index contributed by atoms with van der Waals surface area (Å²) in [7, 11) is 3.07. The molecule has 1 amide bonds. The van der Waals surface area contributed by atoms with Crippen LogP contribution in [0.3, 0.4) is 0 Å².